The Morgan fingerprint density at radius 3 is 2.72 bits per heavy atom. The Morgan fingerprint density at radius 1 is 1.39 bits per heavy atom. The van der Waals surface area contributed by atoms with Gasteiger partial charge in [0.2, 0.25) is 5.43 Å². The van der Waals surface area contributed by atoms with Gasteiger partial charge in [-0.05, 0) is 30.5 Å². The van der Waals surface area contributed by atoms with Crippen LogP contribution in [-0.4, -0.2) is 16.1 Å². The zero-order chi connectivity index (χ0) is 12.9. The first-order valence-corrected chi connectivity index (χ1v) is 5.69. The van der Waals surface area contributed by atoms with Crippen LogP contribution in [0.3, 0.4) is 0 Å². The lowest BCUT2D eigenvalue weighted by Gasteiger charge is -2.10. The van der Waals surface area contributed by atoms with Crippen LogP contribution in [0.15, 0.2) is 29.2 Å². The van der Waals surface area contributed by atoms with E-state index in [4.69, 9.17) is 10.8 Å². The molecular formula is C13H12N2O3. The molecule has 0 radical (unpaired) electrons. The molecule has 1 fully saturated rings. The second kappa shape index (κ2) is 3.43. The number of hydrogen-bond acceptors (Lipinski definition) is 3. The van der Waals surface area contributed by atoms with Gasteiger partial charge in [0.25, 0.3) is 0 Å². The number of fused-ring (bicyclic) bond motifs is 1. The first-order chi connectivity index (χ1) is 8.51. The van der Waals surface area contributed by atoms with Crippen LogP contribution in [0.4, 0.5) is 0 Å². The van der Waals surface area contributed by atoms with Crippen LogP contribution in [-0.2, 0) is 5.54 Å². The first kappa shape index (κ1) is 11.0. The maximum Gasteiger partial charge on any atom is 0.341 e. The van der Waals surface area contributed by atoms with E-state index in [0.29, 0.717) is 10.9 Å². The summed E-state index contributed by atoms with van der Waals surface area (Å²) in [6.45, 7) is 0. The number of carboxylic acid groups (broad SMARTS) is 1. The first-order valence-electron chi connectivity index (χ1n) is 5.69. The molecule has 1 aromatic carbocycles. The zero-order valence-electron chi connectivity index (χ0n) is 9.56. The van der Waals surface area contributed by atoms with Crippen molar-refractivity contribution in [3.63, 3.8) is 0 Å². The molecule has 0 amide bonds. The summed E-state index contributed by atoms with van der Waals surface area (Å²) in [5.74, 6) is -1.22. The van der Waals surface area contributed by atoms with Gasteiger partial charge >= 0.3 is 5.97 Å². The maximum absolute atomic E-state index is 11.9. The third-order valence-corrected chi connectivity index (χ3v) is 3.47. The van der Waals surface area contributed by atoms with Crippen molar-refractivity contribution in [1.29, 1.82) is 0 Å². The van der Waals surface area contributed by atoms with Crippen molar-refractivity contribution >= 4 is 16.9 Å². The third-order valence-electron chi connectivity index (χ3n) is 3.47. The number of H-pyrrole nitrogens is 1. The Hall–Kier alpha value is -2.14. The normalized spacial score (nSPS) is 16.7. The van der Waals surface area contributed by atoms with Crippen LogP contribution in [0.1, 0.15) is 28.8 Å². The molecule has 2 aromatic rings. The maximum atomic E-state index is 11.9. The Bertz CT molecular complexity index is 714. The quantitative estimate of drug-likeness (QED) is 0.738. The van der Waals surface area contributed by atoms with Gasteiger partial charge in [-0.1, -0.05) is 6.07 Å². The molecule has 1 aliphatic rings. The van der Waals surface area contributed by atoms with Gasteiger partial charge in [-0.15, -0.1) is 0 Å². The van der Waals surface area contributed by atoms with Crippen molar-refractivity contribution in [2.45, 2.75) is 18.4 Å². The Balaban J connectivity index is 2.23. The van der Waals surface area contributed by atoms with E-state index in [1.165, 1.54) is 6.20 Å². The zero-order valence-corrected chi connectivity index (χ0v) is 9.56. The van der Waals surface area contributed by atoms with Crippen molar-refractivity contribution in [2.24, 2.45) is 5.73 Å². The monoisotopic (exact) mass is 244 g/mol. The highest BCUT2D eigenvalue weighted by Gasteiger charge is 2.40. The van der Waals surface area contributed by atoms with Crippen molar-refractivity contribution in [3.05, 3.63) is 45.7 Å². The molecule has 0 bridgehead atoms. The fourth-order valence-corrected chi connectivity index (χ4v) is 2.11. The number of carbonyl (C=O) groups is 1. The molecule has 0 atom stereocenters. The summed E-state index contributed by atoms with van der Waals surface area (Å²) in [7, 11) is 0. The van der Waals surface area contributed by atoms with E-state index < -0.39 is 11.4 Å². The predicted molar refractivity (Wildman–Crippen MR) is 66.6 cm³/mol. The number of pyridine rings is 1. The van der Waals surface area contributed by atoms with E-state index in [9.17, 15) is 9.59 Å². The number of nitrogens with one attached hydrogen (secondary N) is 1. The number of rotatable bonds is 2. The van der Waals surface area contributed by atoms with E-state index >= 15 is 0 Å². The van der Waals surface area contributed by atoms with Gasteiger partial charge in [0.15, 0.2) is 0 Å². The molecule has 0 spiro atoms. The largest absolute Gasteiger partial charge is 0.477 e. The standard InChI is InChI=1S/C13H12N2O3/c14-13(3-4-13)7-1-2-8-10(5-7)15-6-9(11(8)16)12(17)18/h1-2,5-6H,3-4,14H2,(H,15,16)(H,17,18). The van der Waals surface area contributed by atoms with Crippen LogP contribution < -0.4 is 11.2 Å². The Morgan fingerprint density at radius 2 is 2.11 bits per heavy atom. The molecule has 4 N–H and O–H groups in total. The predicted octanol–water partition coefficient (Wildman–Crippen LogP) is 1.17. The van der Waals surface area contributed by atoms with Gasteiger partial charge in [0.1, 0.15) is 5.56 Å². The molecule has 5 heteroatoms. The van der Waals surface area contributed by atoms with Crippen molar-refractivity contribution in [1.82, 2.24) is 4.98 Å². The average Bonchev–Trinajstić information content (AvgIpc) is 3.08. The van der Waals surface area contributed by atoms with E-state index in [0.717, 1.165) is 18.4 Å². The minimum Gasteiger partial charge on any atom is -0.477 e. The molecule has 1 aliphatic carbocycles. The molecule has 1 heterocycles. The second-order valence-electron chi connectivity index (χ2n) is 4.75. The summed E-state index contributed by atoms with van der Waals surface area (Å²) in [6, 6.07) is 5.27. The van der Waals surface area contributed by atoms with Crippen molar-refractivity contribution < 1.29 is 9.90 Å². The topological polar surface area (TPSA) is 96.2 Å². The number of benzene rings is 1. The Labute approximate surface area is 102 Å². The van der Waals surface area contributed by atoms with Crippen molar-refractivity contribution in [3.8, 4) is 0 Å². The van der Waals surface area contributed by atoms with Crippen LogP contribution in [0.5, 0.6) is 0 Å². The molecule has 18 heavy (non-hydrogen) atoms. The number of aromatic carboxylic acids is 1. The van der Waals surface area contributed by atoms with E-state index in [1.54, 1.807) is 12.1 Å². The van der Waals surface area contributed by atoms with Crippen LogP contribution in [0.25, 0.3) is 10.9 Å². The molecule has 1 aromatic heterocycles. The highest BCUT2D eigenvalue weighted by molar-refractivity contribution is 5.92. The minimum absolute atomic E-state index is 0.246. The number of aromatic amines is 1. The summed E-state index contributed by atoms with van der Waals surface area (Å²) in [5, 5.41) is 9.26. The average molecular weight is 244 g/mol. The third kappa shape index (κ3) is 1.52. The molecule has 0 saturated heterocycles. The van der Waals surface area contributed by atoms with Crippen LogP contribution >= 0.6 is 0 Å². The van der Waals surface area contributed by atoms with E-state index in [1.807, 2.05) is 6.07 Å². The highest BCUT2D eigenvalue weighted by atomic mass is 16.4. The number of nitrogens with two attached hydrogens (primary N) is 1. The highest BCUT2D eigenvalue weighted by Crippen LogP contribution is 2.42. The van der Waals surface area contributed by atoms with E-state index in [-0.39, 0.29) is 11.1 Å². The molecule has 0 unspecified atom stereocenters. The number of aromatic nitrogens is 1. The van der Waals surface area contributed by atoms with Gasteiger partial charge in [-0.2, -0.15) is 0 Å². The number of hydrogen-bond donors (Lipinski definition) is 3. The summed E-state index contributed by atoms with van der Waals surface area (Å²) in [6.07, 6.45) is 3.11. The lowest BCUT2D eigenvalue weighted by atomic mass is 10.0. The summed E-state index contributed by atoms with van der Waals surface area (Å²) in [4.78, 5) is 25.6. The summed E-state index contributed by atoms with van der Waals surface area (Å²) in [5.41, 5.74) is 6.71. The lowest BCUT2D eigenvalue weighted by molar-refractivity contribution is 0.0695. The van der Waals surface area contributed by atoms with Crippen LogP contribution in [0.2, 0.25) is 0 Å². The molecule has 92 valence electrons. The van der Waals surface area contributed by atoms with Gasteiger partial charge < -0.3 is 15.8 Å². The molecule has 1 saturated carbocycles. The number of carboxylic acids is 1. The lowest BCUT2D eigenvalue weighted by Crippen LogP contribution is -2.19. The fraction of sp³-hybridized carbons (Fsp3) is 0.231. The Kier molecular flexibility index (Phi) is 2.09. The van der Waals surface area contributed by atoms with Gasteiger partial charge in [-0.3, -0.25) is 4.79 Å². The van der Waals surface area contributed by atoms with Gasteiger partial charge in [0, 0.05) is 22.6 Å². The van der Waals surface area contributed by atoms with Gasteiger partial charge in [0.05, 0.1) is 0 Å². The van der Waals surface area contributed by atoms with Crippen molar-refractivity contribution in [2.75, 3.05) is 0 Å². The molecule has 5 nitrogen and oxygen atoms in total. The molecular weight excluding hydrogens is 232 g/mol. The molecule has 0 aliphatic heterocycles. The summed E-state index contributed by atoms with van der Waals surface area (Å²) < 4.78 is 0. The SMILES string of the molecule is NC1(c2ccc3c(=O)c(C(=O)O)c[nH]c3c2)CC1. The van der Waals surface area contributed by atoms with Crippen LogP contribution in [0, 0.1) is 0 Å². The molecule has 3 rings (SSSR count). The second-order valence-corrected chi connectivity index (χ2v) is 4.75. The van der Waals surface area contributed by atoms with Gasteiger partial charge in [-0.25, -0.2) is 4.79 Å². The van der Waals surface area contributed by atoms with E-state index in [2.05, 4.69) is 4.98 Å². The minimum atomic E-state index is -1.22. The summed E-state index contributed by atoms with van der Waals surface area (Å²) >= 11 is 0. The smallest absolute Gasteiger partial charge is 0.341 e. The fourth-order valence-electron chi connectivity index (χ4n) is 2.11.